The van der Waals surface area contributed by atoms with Crippen LogP contribution in [0.25, 0.3) is 17.1 Å². The van der Waals surface area contributed by atoms with Gasteiger partial charge in [-0.15, -0.1) is 0 Å². The molecule has 1 aromatic heterocycles. The van der Waals surface area contributed by atoms with E-state index < -0.39 is 12.5 Å². The molecule has 1 N–H and O–H groups in total. The Labute approximate surface area is 172 Å². The highest BCUT2D eigenvalue weighted by molar-refractivity contribution is 6.03. The number of ether oxygens (including phenoxy) is 1. The number of nitrogens with zero attached hydrogens (tertiary/aromatic N) is 3. The van der Waals surface area contributed by atoms with Crippen LogP contribution in [0.2, 0.25) is 0 Å². The predicted molar refractivity (Wildman–Crippen MR) is 112 cm³/mol. The number of para-hydroxylation sites is 3. The predicted octanol–water partition coefficient (Wildman–Crippen LogP) is 4.48. The summed E-state index contributed by atoms with van der Waals surface area (Å²) < 4.78 is 29.6. The van der Waals surface area contributed by atoms with Crippen molar-refractivity contribution >= 4 is 34.7 Å². The number of rotatable bonds is 6. The Morgan fingerprint density at radius 1 is 1.03 bits per heavy atom. The molecule has 30 heavy (non-hydrogen) atoms. The first-order valence-corrected chi connectivity index (χ1v) is 9.65. The van der Waals surface area contributed by atoms with Gasteiger partial charge in [0.1, 0.15) is 5.75 Å². The zero-order valence-corrected chi connectivity index (χ0v) is 16.1. The van der Waals surface area contributed by atoms with Gasteiger partial charge in [-0.1, -0.05) is 30.3 Å². The monoisotopic (exact) mass is 410 g/mol. The molecule has 6 nitrogen and oxygen atoms in total. The fourth-order valence-corrected chi connectivity index (χ4v) is 3.37. The van der Waals surface area contributed by atoms with Crippen LogP contribution >= 0.6 is 0 Å². The van der Waals surface area contributed by atoms with Crippen LogP contribution in [0.1, 0.15) is 18.4 Å². The maximum Gasteiger partial charge on any atom is 0.387 e. The van der Waals surface area contributed by atoms with Crippen LogP contribution in [0.3, 0.4) is 0 Å². The fourth-order valence-electron chi connectivity index (χ4n) is 3.37. The Morgan fingerprint density at radius 3 is 2.43 bits per heavy atom. The lowest BCUT2D eigenvalue weighted by Crippen LogP contribution is -2.22. The van der Waals surface area contributed by atoms with Crippen LogP contribution in [0, 0.1) is 0 Å². The number of aromatic nitrogens is 2. The summed E-state index contributed by atoms with van der Waals surface area (Å²) in [5.74, 6) is 0.573. The average molecular weight is 410 g/mol. The first-order valence-electron chi connectivity index (χ1n) is 9.65. The van der Waals surface area contributed by atoms with E-state index in [0.717, 1.165) is 31.4 Å². The lowest BCUT2D eigenvalue weighted by molar-refractivity contribution is -0.111. The van der Waals surface area contributed by atoms with Crippen molar-refractivity contribution in [2.75, 3.05) is 23.3 Å². The Hall–Kier alpha value is -3.55. The van der Waals surface area contributed by atoms with Crippen molar-refractivity contribution in [1.82, 2.24) is 9.97 Å². The number of fused-ring (bicyclic) bond motifs is 1. The molecule has 1 saturated heterocycles. The number of halogens is 2. The summed E-state index contributed by atoms with van der Waals surface area (Å²) in [4.78, 5) is 23.9. The van der Waals surface area contributed by atoms with E-state index in [4.69, 9.17) is 4.98 Å². The highest BCUT2D eigenvalue weighted by Crippen LogP contribution is 2.28. The van der Waals surface area contributed by atoms with Gasteiger partial charge in [-0.25, -0.2) is 9.97 Å². The van der Waals surface area contributed by atoms with Crippen LogP contribution in [-0.2, 0) is 4.79 Å². The highest BCUT2D eigenvalue weighted by atomic mass is 19.3. The Morgan fingerprint density at radius 2 is 1.70 bits per heavy atom. The lowest BCUT2D eigenvalue weighted by Gasteiger charge is -2.19. The van der Waals surface area contributed by atoms with Gasteiger partial charge >= 0.3 is 6.61 Å². The number of carbonyl (C=O) groups is 1. The van der Waals surface area contributed by atoms with Gasteiger partial charge in [0, 0.05) is 24.7 Å². The molecule has 154 valence electrons. The van der Waals surface area contributed by atoms with Crippen LogP contribution in [0.15, 0.2) is 54.6 Å². The fraction of sp³-hybridized carbons (Fsp3) is 0.227. The standard InChI is InChI=1S/C22H20F2N4O2/c23-22(24)30-18-10-4-1-7-15(18)11-12-19(29)27-20-21(28-13-5-6-14-28)26-17-9-3-2-8-16(17)25-20/h1-4,7-12,22H,5-6,13-14H2,(H,25,27,29)/b12-11+. The molecular formula is C22H20F2N4O2. The Kier molecular flexibility index (Phi) is 5.83. The van der Waals surface area contributed by atoms with Crippen molar-refractivity contribution in [1.29, 1.82) is 0 Å². The van der Waals surface area contributed by atoms with E-state index in [1.807, 2.05) is 24.3 Å². The molecule has 4 rings (SSSR count). The van der Waals surface area contributed by atoms with E-state index >= 15 is 0 Å². The number of carbonyl (C=O) groups excluding carboxylic acids is 1. The lowest BCUT2D eigenvalue weighted by atomic mass is 10.2. The number of nitrogens with one attached hydrogen (secondary N) is 1. The smallest absolute Gasteiger partial charge is 0.387 e. The van der Waals surface area contributed by atoms with E-state index in [2.05, 4.69) is 19.9 Å². The van der Waals surface area contributed by atoms with Gasteiger partial charge in [0.2, 0.25) is 5.91 Å². The summed E-state index contributed by atoms with van der Waals surface area (Å²) in [6.07, 6.45) is 4.81. The second-order valence-electron chi connectivity index (χ2n) is 6.82. The summed E-state index contributed by atoms with van der Waals surface area (Å²) in [5.41, 5.74) is 1.80. The number of anilines is 2. The number of hydrogen-bond donors (Lipinski definition) is 1. The third-order valence-corrected chi connectivity index (χ3v) is 4.75. The van der Waals surface area contributed by atoms with Crippen molar-refractivity contribution in [2.45, 2.75) is 19.5 Å². The van der Waals surface area contributed by atoms with Crippen molar-refractivity contribution < 1.29 is 18.3 Å². The number of alkyl halides is 2. The SMILES string of the molecule is O=C(/C=C/c1ccccc1OC(F)F)Nc1nc2ccccc2nc1N1CCCC1. The van der Waals surface area contributed by atoms with Crippen molar-refractivity contribution in [3.63, 3.8) is 0 Å². The Bertz CT molecular complexity index is 1080. The number of hydrogen-bond acceptors (Lipinski definition) is 5. The minimum absolute atomic E-state index is 0.000183. The Balaban J connectivity index is 1.58. The third-order valence-electron chi connectivity index (χ3n) is 4.75. The molecule has 0 atom stereocenters. The molecule has 2 heterocycles. The molecule has 1 aliphatic heterocycles. The van der Waals surface area contributed by atoms with Gasteiger partial charge in [0.05, 0.1) is 11.0 Å². The molecule has 0 bridgehead atoms. The van der Waals surface area contributed by atoms with Gasteiger partial charge in [-0.2, -0.15) is 8.78 Å². The second kappa shape index (κ2) is 8.86. The molecule has 0 radical (unpaired) electrons. The molecule has 1 fully saturated rings. The third kappa shape index (κ3) is 4.53. The quantitative estimate of drug-likeness (QED) is 0.607. The van der Waals surface area contributed by atoms with Crippen LogP contribution < -0.4 is 15.0 Å². The topological polar surface area (TPSA) is 67.3 Å². The van der Waals surface area contributed by atoms with Crippen molar-refractivity contribution in [2.24, 2.45) is 0 Å². The first-order chi connectivity index (χ1) is 14.6. The van der Waals surface area contributed by atoms with E-state index in [0.29, 0.717) is 22.7 Å². The van der Waals surface area contributed by atoms with Crippen molar-refractivity contribution in [3.05, 3.63) is 60.2 Å². The molecule has 3 aromatic rings. The van der Waals surface area contributed by atoms with E-state index in [-0.39, 0.29) is 5.75 Å². The summed E-state index contributed by atoms with van der Waals surface area (Å²) in [5, 5.41) is 2.78. The minimum atomic E-state index is -2.94. The minimum Gasteiger partial charge on any atom is -0.434 e. The van der Waals surface area contributed by atoms with Gasteiger partial charge in [0.15, 0.2) is 11.6 Å². The molecule has 0 aliphatic carbocycles. The molecule has 0 saturated carbocycles. The first kappa shape index (κ1) is 19.8. The number of amides is 1. The van der Waals surface area contributed by atoms with E-state index in [1.54, 1.807) is 18.2 Å². The average Bonchev–Trinajstić information content (AvgIpc) is 3.27. The van der Waals surface area contributed by atoms with Crippen molar-refractivity contribution in [3.8, 4) is 5.75 Å². The van der Waals surface area contributed by atoms with E-state index in [1.165, 1.54) is 18.2 Å². The zero-order valence-electron chi connectivity index (χ0n) is 16.1. The summed E-state index contributed by atoms with van der Waals surface area (Å²) >= 11 is 0. The molecule has 8 heteroatoms. The molecular weight excluding hydrogens is 390 g/mol. The largest absolute Gasteiger partial charge is 0.434 e. The van der Waals surface area contributed by atoms with Crippen LogP contribution in [0.5, 0.6) is 5.75 Å². The maximum absolute atomic E-state index is 12.6. The van der Waals surface area contributed by atoms with Gasteiger partial charge in [-0.3, -0.25) is 4.79 Å². The molecule has 1 amide bonds. The van der Waals surface area contributed by atoms with Gasteiger partial charge in [0.25, 0.3) is 0 Å². The van der Waals surface area contributed by atoms with Gasteiger partial charge in [-0.05, 0) is 37.1 Å². The van der Waals surface area contributed by atoms with Gasteiger partial charge < -0.3 is 15.0 Å². The number of benzene rings is 2. The van der Waals surface area contributed by atoms with Crippen LogP contribution in [0.4, 0.5) is 20.4 Å². The molecule has 0 spiro atoms. The second-order valence-corrected chi connectivity index (χ2v) is 6.82. The normalized spacial score (nSPS) is 14.0. The molecule has 2 aromatic carbocycles. The summed E-state index contributed by atoms with van der Waals surface area (Å²) in [6, 6.07) is 13.7. The summed E-state index contributed by atoms with van der Waals surface area (Å²) in [6.45, 7) is -1.24. The summed E-state index contributed by atoms with van der Waals surface area (Å²) in [7, 11) is 0. The zero-order chi connectivity index (χ0) is 20.9. The highest BCUT2D eigenvalue weighted by Gasteiger charge is 2.20. The molecule has 1 aliphatic rings. The maximum atomic E-state index is 12.6. The van der Waals surface area contributed by atoms with E-state index in [9.17, 15) is 13.6 Å². The van der Waals surface area contributed by atoms with Crippen LogP contribution in [-0.4, -0.2) is 35.6 Å². The molecule has 0 unspecified atom stereocenters.